The smallest absolute Gasteiger partial charge is 0.188 e. The molecule has 0 saturated heterocycles. The zero-order chi connectivity index (χ0) is 14.8. The molecule has 3 nitrogen and oxygen atoms in total. The van der Waals surface area contributed by atoms with Crippen LogP contribution in [0.2, 0.25) is 0 Å². The van der Waals surface area contributed by atoms with E-state index in [-0.39, 0.29) is 0 Å². The molecule has 0 fully saturated rings. The summed E-state index contributed by atoms with van der Waals surface area (Å²) < 4.78 is 6.67. The molecule has 3 aromatic rings. The second-order valence-electron chi connectivity index (χ2n) is 4.95. The molecule has 0 radical (unpaired) electrons. The maximum Gasteiger partial charge on any atom is 0.188 e. The Bertz CT molecular complexity index is 780. The van der Waals surface area contributed by atoms with Crippen LogP contribution in [0, 0.1) is 13.8 Å². The number of nitrogens with one attached hydrogen (secondary N) is 1. The third-order valence-corrected chi connectivity index (χ3v) is 4.45. The van der Waals surface area contributed by atoms with Crippen molar-refractivity contribution in [3.63, 3.8) is 0 Å². The predicted molar refractivity (Wildman–Crippen MR) is 90.0 cm³/mol. The lowest BCUT2D eigenvalue weighted by Gasteiger charge is -2.08. The van der Waals surface area contributed by atoms with Crippen molar-refractivity contribution in [3.8, 4) is 5.75 Å². The van der Waals surface area contributed by atoms with Gasteiger partial charge in [-0.1, -0.05) is 23.5 Å². The van der Waals surface area contributed by atoms with E-state index < -0.39 is 0 Å². The number of rotatable bonds is 4. The molecule has 0 spiro atoms. The number of anilines is 2. The number of thiazole rings is 1. The first-order valence-electron chi connectivity index (χ1n) is 7.04. The van der Waals surface area contributed by atoms with E-state index in [2.05, 4.69) is 42.3 Å². The molecule has 4 heteroatoms. The Hall–Kier alpha value is -2.07. The Morgan fingerprint density at radius 2 is 2.05 bits per heavy atom. The second kappa shape index (κ2) is 5.74. The van der Waals surface area contributed by atoms with E-state index in [9.17, 15) is 0 Å². The van der Waals surface area contributed by atoms with Gasteiger partial charge in [0.2, 0.25) is 0 Å². The average molecular weight is 298 g/mol. The Morgan fingerprint density at radius 3 is 2.86 bits per heavy atom. The fourth-order valence-corrected chi connectivity index (χ4v) is 3.12. The molecule has 21 heavy (non-hydrogen) atoms. The van der Waals surface area contributed by atoms with Crippen molar-refractivity contribution in [2.75, 3.05) is 11.9 Å². The molecule has 0 aliphatic carbocycles. The molecule has 0 saturated carbocycles. The Balaban J connectivity index is 1.92. The molecule has 1 aromatic heterocycles. The van der Waals surface area contributed by atoms with Crippen LogP contribution in [0.3, 0.4) is 0 Å². The van der Waals surface area contributed by atoms with Crippen molar-refractivity contribution < 1.29 is 4.74 Å². The van der Waals surface area contributed by atoms with Gasteiger partial charge in [0, 0.05) is 5.69 Å². The topological polar surface area (TPSA) is 34.1 Å². The molecule has 1 heterocycles. The zero-order valence-electron chi connectivity index (χ0n) is 12.4. The van der Waals surface area contributed by atoms with Crippen LogP contribution in [0.1, 0.15) is 18.1 Å². The Labute approximate surface area is 128 Å². The normalized spacial score (nSPS) is 10.8. The van der Waals surface area contributed by atoms with Crippen LogP contribution in [0.4, 0.5) is 10.8 Å². The largest absolute Gasteiger partial charge is 0.494 e. The van der Waals surface area contributed by atoms with Gasteiger partial charge in [-0.15, -0.1) is 0 Å². The number of aromatic nitrogens is 1. The highest BCUT2D eigenvalue weighted by Crippen LogP contribution is 2.32. The first-order valence-corrected chi connectivity index (χ1v) is 7.85. The fraction of sp³-hybridized carbons (Fsp3) is 0.235. The van der Waals surface area contributed by atoms with Gasteiger partial charge in [0.25, 0.3) is 0 Å². The first-order chi connectivity index (χ1) is 10.2. The lowest BCUT2D eigenvalue weighted by atomic mass is 10.1. The lowest BCUT2D eigenvalue weighted by Crippen LogP contribution is -1.93. The van der Waals surface area contributed by atoms with Gasteiger partial charge in [0.15, 0.2) is 5.13 Å². The third kappa shape index (κ3) is 2.85. The summed E-state index contributed by atoms with van der Waals surface area (Å²) in [5.41, 5.74) is 4.64. The minimum absolute atomic E-state index is 0.678. The zero-order valence-corrected chi connectivity index (χ0v) is 13.3. The Kier molecular flexibility index (Phi) is 3.80. The van der Waals surface area contributed by atoms with E-state index >= 15 is 0 Å². The molecule has 0 unspecified atom stereocenters. The summed E-state index contributed by atoms with van der Waals surface area (Å²) in [6.07, 6.45) is 0. The molecule has 1 N–H and O–H groups in total. The maximum absolute atomic E-state index is 5.53. The third-order valence-electron chi connectivity index (χ3n) is 3.52. The van der Waals surface area contributed by atoms with Crippen molar-refractivity contribution in [2.45, 2.75) is 20.8 Å². The van der Waals surface area contributed by atoms with Gasteiger partial charge in [0.05, 0.1) is 16.8 Å². The fourth-order valence-electron chi connectivity index (χ4n) is 2.22. The summed E-state index contributed by atoms with van der Waals surface area (Å²) in [6.45, 7) is 6.91. The van der Waals surface area contributed by atoms with Gasteiger partial charge in [0.1, 0.15) is 5.75 Å². The predicted octanol–water partition coefficient (Wildman–Crippen LogP) is 5.06. The molecule has 3 rings (SSSR count). The SMILES string of the molecule is CCOc1ccc2nc(Nc3cccc(C)c3C)sc2c1. The molecule has 2 aromatic carbocycles. The van der Waals surface area contributed by atoms with Crippen LogP contribution >= 0.6 is 11.3 Å². The maximum atomic E-state index is 5.53. The lowest BCUT2D eigenvalue weighted by molar-refractivity contribution is 0.341. The minimum Gasteiger partial charge on any atom is -0.494 e. The van der Waals surface area contributed by atoms with Gasteiger partial charge in [-0.2, -0.15) is 0 Å². The minimum atomic E-state index is 0.678. The van der Waals surface area contributed by atoms with Gasteiger partial charge < -0.3 is 10.1 Å². The summed E-state index contributed by atoms with van der Waals surface area (Å²) >= 11 is 1.64. The quantitative estimate of drug-likeness (QED) is 0.731. The second-order valence-corrected chi connectivity index (χ2v) is 5.98. The molecule has 0 aliphatic rings. The Morgan fingerprint density at radius 1 is 1.19 bits per heavy atom. The summed E-state index contributed by atoms with van der Waals surface area (Å²) in [6, 6.07) is 12.3. The number of aryl methyl sites for hydroxylation is 1. The average Bonchev–Trinajstić information content (AvgIpc) is 2.86. The molecule has 0 amide bonds. The summed E-state index contributed by atoms with van der Waals surface area (Å²) in [4.78, 5) is 4.63. The first kappa shape index (κ1) is 13.9. The number of ether oxygens (including phenoxy) is 1. The van der Waals surface area contributed by atoms with Crippen molar-refractivity contribution in [1.82, 2.24) is 4.98 Å². The monoisotopic (exact) mass is 298 g/mol. The van der Waals surface area contributed by atoms with Crippen molar-refractivity contribution in [1.29, 1.82) is 0 Å². The highest BCUT2D eigenvalue weighted by Gasteiger charge is 2.07. The van der Waals surface area contributed by atoms with Gasteiger partial charge >= 0.3 is 0 Å². The van der Waals surface area contributed by atoms with E-state index in [1.54, 1.807) is 11.3 Å². The molecular formula is C17H18N2OS. The van der Waals surface area contributed by atoms with E-state index in [4.69, 9.17) is 4.74 Å². The van der Waals surface area contributed by atoms with Crippen LogP contribution in [0.5, 0.6) is 5.75 Å². The van der Waals surface area contributed by atoms with Crippen LogP contribution in [-0.4, -0.2) is 11.6 Å². The van der Waals surface area contributed by atoms with Crippen molar-refractivity contribution in [3.05, 3.63) is 47.5 Å². The molecular weight excluding hydrogens is 280 g/mol. The molecule has 0 bridgehead atoms. The molecule has 0 aliphatic heterocycles. The highest BCUT2D eigenvalue weighted by molar-refractivity contribution is 7.22. The number of hydrogen-bond acceptors (Lipinski definition) is 4. The number of fused-ring (bicyclic) bond motifs is 1. The highest BCUT2D eigenvalue weighted by atomic mass is 32.1. The molecule has 0 atom stereocenters. The van der Waals surface area contributed by atoms with Gasteiger partial charge in [-0.3, -0.25) is 0 Å². The number of benzene rings is 2. The van der Waals surface area contributed by atoms with Crippen molar-refractivity contribution in [2.24, 2.45) is 0 Å². The van der Waals surface area contributed by atoms with E-state index in [0.29, 0.717) is 6.61 Å². The van der Waals surface area contributed by atoms with Gasteiger partial charge in [-0.25, -0.2) is 4.98 Å². The number of nitrogens with zero attached hydrogens (tertiary/aromatic N) is 1. The summed E-state index contributed by atoms with van der Waals surface area (Å²) in [5.74, 6) is 0.895. The molecule has 108 valence electrons. The van der Waals surface area contributed by atoms with Crippen LogP contribution in [0.25, 0.3) is 10.2 Å². The van der Waals surface area contributed by atoms with Crippen LogP contribution in [0.15, 0.2) is 36.4 Å². The van der Waals surface area contributed by atoms with E-state index in [1.807, 2.05) is 25.1 Å². The van der Waals surface area contributed by atoms with Crippen molar-refractivity contribution >= 4 is 32.4 Å². The summed E-state index contributed by atoms with van der Waals surface area (Å²) in [7, 11) is 0. The van der Waals surface area contributed by atoms with E-state index in [1.165, 1.54) is 11.1 Å². The van der Waals surface area contributed by atoms with Gasteiger partial charge in [-0.05, 0) is 56.2 Å². The van der Waals surface area contributed by atoms with Crippen LogP contribution in [-0.2, 0) is 0 Å². The van der Waals surface area contributed by atoms with E-state index in [0.717, 1.165) is 26.8 Å². The number of hydrogen-bond donors (Lipinski definition) is 1. The standard InChI is InChI=1S/C17H18N2OS/c1-4-20-13-8-9-15-16(10-13)21-17(19-15)18-14-7-5-6-11(2)12(14)3/h5-10H,4H2,1-3H3,(H,18,19). The van der Waals surface area contributed by atoms with Crippen LogP contribution < -0.4 is 10.1 Å². The summed E-state index contributed by atoms with van der Waals surface area (Å²) in [5, 5.41) is 4.33.